The first-order valence-corrected chi connectivity index (χ1v) is 12.2. The Morgan fingerprint density at radius 2 is 1.68 bits per heavy atom. The molecule has 2 amide bonds. The van der Waals surface area contributed by atoms with Gasteiger partial charge in [-0.05, 0) is 56.2 Å². The highest BCUT2D eigenvalue weighted by Crippen LogP contribution is 2.57. The largest absolute Gasteiger partial charge is 0.342 e. The molecule has 170 valence electrons. The summed E-state index contributed by atoms with van der Waals surface area (Å²) in [6.45, 7) is 14.9. The van der Waals surface area contributed by atoms with Crippen molar-refractivity contribution >= 4 is 11.8 Å². The van der Waals surface area contributed by atoms with Gasteiger partial charge in [-0.15, -0.1) is 0 Å². The molecule has 5 heteroatoms. The van der Waals surface area contributed by atoms with Gasteiger partial charge in [-0.2, -0.15) is 0 Å². The Morgan fingerprint density at radius 3 is 2.23 bits per heavy atom. The standard InChI is InChI=1S/C26H39N3O2/c1-5-21-7-9-22(10-8-21)23(30)29-14-11-25(12-15-29)18-27(17-20(3)4)19-26(25)13-16-28(6-2)24(26)31/h7-10,20H,5-6,11-19H2,1-4H3. The van der Waals surface area contributed by atoms with Crippen LogP contribution in [0.5, 0.6) is 0 Å². The minimum absolute atomic E-state index is 0.00570. The molecule has 1 unspecified atom stereocenters. The Morgan fingerprint density at radius 1 is 1.00 bits per heavy atom. The third-order valence-electron chi connectivity index (χ3n) is 8.16. The molecule has 3 heterocycles. The highest BCUT2D eigenvalue weighted by atomic mass is 16.2. The molecular formula is C26H39N3O2. The van der Waals surface area contributed by atoms with Crippen LogP contribution in [-0.2, 0) is 11.2 Å². The molecule has 0 N–H and O–H groups in total. The van der Waals surface area contributed by atoms with Gasteiger partial charge in [0.25, 0.3) is 5.91 Å². The molecule has 0 saturated carbocycles. The van der Waals surface area contributed by atoms with Crippen LogP contribution in [0.4, 0.5) is 0 Å². The second-order valence-corrected chi connectivity index (χ2v) is 10.4. The monoisotopic (exact) mass is 425 g/mol. The Bertz CT molecular complexity index is 810. The topological polar surface area (TPSA) is 43.9 Å². The van der Waals surface area contributed by atoms with E-state index < -0.39 is 0 Å². The number of aryl methyl sites for hydroxylation is 1. The van der Waals surface area contributed by atoms with E-state index in [1.165, 1.54) is 5.56 Å². The van der Waals surface area contributed by atoms with Crippen LogP contribution < -0.4 is 0 Å². The number of carbonyl (C=O) groups is 2. The zero-order valence-corrected chi connectivity index (χ0v) is 19.8. The van der Waals surface area contributed by atoms with E-state index in [2.05, 4.69) is 49.6 Å². The van der Waals surface area contributed by atoms with Crippen molar-refractivity contribution in [3.8, 4) is 0 Å². The van der Waals surface area contributed by atoms with Crippen molar-refractivity contribution in [1.29, 1.82) is 0 Å². The molecule has 31 heavy (non-hydrogen) atoms. The van der Waals surface area contributed by atoms with Gasteiger partial charge in [0.1, 0.15) is 0 Å². The quantitative estimate of drug-likeness (QED) is 0.723. The summed E-state index contributed by atoms with van der Waals surface area (Å²) >= 11 is 0. The van der Waals surface area contributed by atoms with Gasteiger partial charge in [0.2, 0.25) is 5.91 Å². The second kappa shape index (κ2) is 8.57. The highest BCUT2D eigenvalue weighted by molar-refractivity contribution is 5.94. The van der Waals surface area contributed by atoms with E-state index in [0.717, 1.165) is 77.1 Å². The summed E-state index contributed by atoms with van der Waals surface area (Å²) in [6, 6.07) is 8.05. The molecule has 5 nitrogen and oxygen atoms in total. The SMILES string of the molecule is CCc1ccc(C(=O)N2CCC3(CC2)CN(CC(C)C)CC32CCN(CC)C2=O)cc1. The van der Waals surface area contributed by atoms with E-state index in [1.807, 2.05) is 17.0 Å². The van der Waals surface area contributed by atoms with Crippen LogP contribution in [0.1, 0.15) is 62.9 Å². The highest BCUT2D eigenvalue weighted by Gasteiger charge is 2.64. The van der Waals surface area contributed by atoms with Crippen LogP contribution in [0.2, 0.25) is 0 Å². The molecule has 0 bridgehead atoms. The van der Waals surface area contributed by atoms with Gasteiger partial charge in [-0.1, -0.05) is 32.9 Å². The summed E-state index contributed by atoms with van der Waals surface area (Å²) in [6.07, 6.45) is 3.83. The lowest BCUT2D eigenvalue weighted by Gasteiger charge is -2.47. The van der Waals surface area contributed by atoms with E-state index in [-0.39, 0.29) is 16.7 Å². The predicted molar refractivity (Wildman–Crippen MR) is 124 cm³/mol. The van der Waals surface area contributed by atoms with Crippen LogP contribution >= 0.6 is 0 Å². The lowest BCUT2D eigenvalue weighted by atomic mass is 9.60. The summed E-state index contributed by atoms with van der Waals surface area (Å²) in [5.74, 6) is 1.10. The number of hydrogen-bond donors (Lipinski definition) is 0. The summed E-state index contributed by atoms with van der Waals surface area (Å²) in [7, 11) is 0. The number of benzene rings is 1. The Kier molecular flexibility index (Phi) is 6.17. The smallest absolute Gasteiger partial charge is 0.253 e. The summed E-state index contributed by atoms with van der Waals surface area (Å²) < 4.78 is 0. The Balaban J connectivity index is 1.52. The molecule has 3 aliphatic heterocycles. The molecule has 0 aliphatic carbocycles. The van der Waals surface area contributed by atoms with Gasteiger partial charge in [0.15, 0.2) is 0 Å². The van der Waals surface area contributed by atoms with E-state index in [9.17, 15) is 9.59 Å². The van der Waals surface area contributed by atoms with E-state index in [4.69, 9.17) is 0 Å². The molecule has 3 saturated heterocycles. The molecule has 3 aliphatic rings. The summed E-state index contributed by atoms with van der Waals surface area (Å²) in [4.78, 5) is 33.3. The van der Waals surface area contributed by atoms with Crippen LogP contribution in [-0.4, -0.2) is 72.3 Å². The first-order valence-electron chi connectivity index (χ1n) is 12.2. The predicted octanol–water partition coefficient (Wildman–Crippen LogP) is 3.68. The lowest BCUT2D eigenvalue weighted by Crippen LogP contribution is -2.53. The number of hydrogen-bond acceptors (Lipinski definition) is 3. The van der Waals surface area contributed by atoms with Crippen molar-refractivity contribution in [3.05, 3.63) is 35.4 Å². The van der Waals surface area contributed by atoms with E-state index >= 15 is 0 Å². The first-order chi connectivity index (χ1) is 14.8. The Labute approximate surface area is 187 Å². The molecule has 2 spiro atoms. The fourth-order valence-corrected chi connectivity index (χ4v) is 6.45. The van der Waals surface area contributed by atoms with Crippen LogP contribution in [0.15, 0.2) is 24.3 Å². The summed E-state index contributed by atoms with van der Waals surface area (Å²) in [5, 5.41) is 0. The maximum atomic E-state index is 13.6. The molecule has 0 aromatic heterocycles. The average molecular weight is 426 g/mol. The van der Waals surface area contributed by atoms with Crippen molar-refractivity contribution in [1.82, 2.24) is 14.7 Å². The maximum absolute atomic E-state index is 13.6. The van der Waals surface area contributed by atoms with Crippen molar-refractivity contribution in [3.63, 3.8) is 0 Å². The number of likely N-dealkylation sites (tertiary alicyclic amines) is 3. The van der Waals surface area contributed by atoms with Crippen molar-refractivity contribution in [2.75, 3.05) is 45.8 Å². The fourth-order valence-electron chi connectivity index (χ4n) is 6.45. The number of carbonyl (C=O) groups excluding carboxylic acids is 2. The average Bonchev–Trinajstić information content (AvgIpc) is 3.25. The number of nitrogens with zero attached hydrogens (tertiary/aromatic N) is 3. The summed E-state index contributed by atoms with van der Waals surface area (Å²) in [5.41, 5.74) is 1.79. The molecular weight excluding hydrogens is 386 g/mol. The van der Waals surface area contributed by atoms with E-state index in [1.54, 1.807) is 0 Å². The van der Waals surface area contributed by atoms with Crippen molar-refractivity contribution < 1.29 is 9.59 Å². The molecule has 1 aromatic carbocycles. The third-order valence-corrected chi connectivity index (χ3v) is 8.16. The first kappa shape index (κ1) is 22.3. The van der Waals surface area contributed by atoms with Crippen LogP contribution in [0, 0.1) is 16.7 Å². The second-order valence-electron chi connectivity index (χ2n) is 10.4. The molecule has 0 radical (unpaired) electrons. The van der Waals surface area contributed by atoms with Gasteiger partial charge in [0, 0.05) is 56.8 Å². The third kappa shape index (κ3) is 3.79. The molecule has 3 fully saturated rings. The van der Waals surface area contributed by atoms with Gasteiger partial charge < -0.3 is 14.7 Å². The normalized spacial score (nSPS) is 26.0. The molecule has 1 atom stereocenters. The van der Waals surface area contributed by atoms with Crippen molar-refractivity contribution in [2.45, 2.75) is 53.4 Å². The minimum Gasteiger partial charge on any atom is -0.342 e. The van der Waals surface area contributed by atoms with Crippen molar-refractivity contribution in [2.24, 2.45) is 16.7 Å². The number of piperidine rings is 1. The lowest BCUT2D eigenvalue weighted by molar-refractivity contribution is -0.141. The van der Waals surface area contributed by atoms with Gasteiger partial charge in [0.05, 0.1) is 5.41 Å². The molecule has 4 rings (SSSR count). The number of fused-ring (bicyclic) bond motifs is 1. The van der Waals surface area contributed by atoms with Gasteiger partial charge in [-0.25, -0.2) is 0 Å². The minimum atomic E-state index is -0.254. The molecule has 1 aromatic rings. The Hall–Kier alpha value is -1.88. The van der Waals surface area contributed by atoms with Gasteiger partial charge in [-0.3, -0.25) is 9.59 Å². The zero-order valence-electron chi connectivity index (χ0n) is 19.8. The maximum Gasteiger partial charge on any atom is 0.253 e. The van der Waals surface area contributed by atoms with Crippen LogP contribution in [0.25, 0.3) is 0 Å². The number of rotatable bonds is 5. The van der Waals surface area contributed by atoms with Gasteiger partial charge >= 0.3 is 0 Å². The fraction of sp³-hybridized carbons (Fsp3) is 0.692. The zero-order chi connectivity index (χ0) is 22.2. The van der Waals surface area contributed by atoms with E-state index in [0.29, 0.717) is 11.8 Å². The van der Waals surface area contributed by atoms with Crippen LogP contribution in [0.3, 0.4) is 0 Å². The number of amides is 2.